The summed E-state index contributed by atoms with van der Waals surface area (Å²) in [5.41, 5.74) is 2.58. The number of nitrogens with one attached hydrogen (secondary N) is 1. The number of carbonyl (C=O) groups excluding carboxylic acids is 2. The number of para-hydroxylation sites is 2. The van der Waals surface area contributed by atoms with E-state index < -0.39 is 11.8 Å². The van der Waals surface area contributed by atoms with E-state index in [9.17, 15) is 14.9 Å². The molecule has 0 unspecified atom stereocenters. The lowest BCUT2D eigenvalue weighted by atomic mass is 9.96. The summed E-state index contributed by atoms with van der Waals surface area (Å²) in [5, 5.41) is 12.8. The van der Waals surface area contributed by atoms with Gasteiger partial charge in [-0.2, -0.15) is 5.26 Å². The van der Waals surface area contributed by atoms with E-state index in [1.165, 1.54) is 7.11 Å². The van der Waals surface area contributed by atoms with Crippen molar-refractivity contribution in [3.05, 3.63) is 65.9 Å². The predicted octanol–water partition coefficient (Wildman–Crippen LogP) is 2.94. The van der Waals surface area contributed by atoms with Gasteiger partial charge in [-0.25, -0.2) is 9.97 Å². The van der Waals surface area contributed by atoms with Crippen molar-refractivity contribution in [3.8, 4) is 6.07 Å². The number of nitriles is 1. The number of methoxy groups -OCH3 is 1. The second-order valence-corrected chi connectivity index (χ2v) is 7.97. The van der Waals surface area contributed by atoms with Crippen LogP contribution in [0.5, 0.6) is 0 Å². The van der Waals surface area contributed by atoms with E-state index in [0.717, 1.165) is 5.56 Å². The maximum Gasteiger partial charge on any atom is 0.308 e. The summed E-state index contributed by atoms with van der Waals surface area (Å²) in [6.45, 7) is 1.44. The van der Waals surface area contributed by atoms with Crippen LogP contribution in [0, 0.1) is 17.2 Å². The number of hydrogen-bond acceptors (Lipinski definition) is 7. The Morgan fingerprint density at radius 3 is 2.36 bits per heavy atom. The molecule has 0 aliphatic carbocycles. The number of amides is 1. The van der Waals surface area contributed by atoms with E-state index in [1.807, 2.05) is 59.5 Å². The average molecular weight is 444 g/mol. The second kappa shape index (κ2) is 10.1. The van der Waals surface area contributed by atoms with Crippen molar-refractivity contribution in [2.75, 3.05) is 25.1 Å². The standard InChI is InChI=1S/C25H25N5O3/c1-33-25(32)18-11-13-30(14-12-18)23-22(28-20-9-5-6-10-21(20)29-23)19(15-26)24(31)27-16-17-7-3-2-4-8-17/h2-10,18-19H,11-14,16H2,1H3,(H,27,31)/t19-/m0/s1. The van der Waals surface area contributed by atoms with Crippen LogP contribution in [0.4, 0.5) is 5.82 Å². The number of benzene rings is 2. The van der Waals surface area contributed by atoms with Crippen LogP contribution in [0.3, 0.4) is 0 Å². The largest absolute Gasteiger partial charge is 0.469 e. The number of nitrogens with zero attached hydrogens (tertiary/aromatic N) is 4. The maximum atomic E-state index is 13.0. The minimum Gasteiger partial charge on any atom is -0.469 e. The van der Waals surface area contributed by atoms with Crippen LogP contribution < -0.4 is 10.2 Å². The topological polar surface area (TPSA) is 108 Å². The fourth-order valence-corrected chi connectivity index (χ4v) is 4.06. The lowest BCUT2D eigenvalue weighted by molar-refractivity contribution is -0.146. The van der Waals surface area contributed by atoms with E-state index in [0.29, 0.717) is 55.0 Å². The summed E-state index contributed by atoms with van der Waals surface area (Å²) >= 11 is 0. The number of aromatic nitrogens is 2. The normalized spacial score (nSPS) is 15.0. The van der Waals surface area contributed by atoms with E-state index >= 15 is 0 Å². The van der Waals surface area contributed by atoms with Crippen LogP contribution in [0.2, 0.25) is 0 Å². The minimum atomic E-state index is -1.11. The third-order valence-corrected chi connectivity index (χ3v) is 5.88. The molecule has 8 heteroatoms. The van der Waals surface area contributed by atoms with Crippen LogP contribution in [-0.2, 0) is 20.9 Å². The van der Waals surface area contributed by atoms with Gasteiger partial charge in [-0.05, 0) is 30.5 Å². The fraction of sp³-hybridized carbons (Fsp3) is 0.320. The van der Waals surface area contributed by atoms with Gasteiger partial charge in [0.25, 0.3) is 0 Å². The van der Waals surface area contributed by atoms with Crippen molar-refractivity contribution in [1.29, 1.82) is 5.26 Å². The third-order valence-electron chi connectivity index (χ3n) is 5.88. The molecule has 1 aliphatic rings. The molecule has 1 N–H and O–H groups in total. The van der Waals surface area contributed by atoms with E-state index in [1.54, 1.807) is 0 Å². The van der Waals surface area contributed by atoms with Crippen molar-refractivity contribution in [3.63, 3.8) is 0 Å². The molecule has 8 nitrogen and oxygen atoms in total. The Balaban J connectivity index is 1.63. The van der Waals surface area contributed by atoms with Crippen LogP contribution in [-0.4, -0.2) is 42.0 Å². The van der Waals surface area contributed by atoms with Crippen molar-refractivity contribution < 1.29 is 14.3 Å². The molecule has 2 heterocycles. The van der Waals surface area contributed by atoms with Crippen LogP contribution in [0.1, 0.15) is 30.0 Å². The summed E-state index contributed by atoms with van der Waals surface area (Å²) in [4.78, 5) is 36.4. The number of fused-ring (bicyclic) bond motifs is 1. The predicted molar refractivity (Wildman–Crippen MR) is 123 cm³/mol. The Hall–Kier alpha value is -3.99. The zero-order valence-corrected chi connectivity index (χ0v) is 18.4. The minimum absolute atomic E-state index is 0.163. The molecule has 1 amide bonds. The highest BCUT2D eigenvalue weighted by molar-refractivity contribution is 5.89. The molecule has 1 atom stereocenters. The van der Waals surface area contributed by atoms with E-state index in [4.69, 9.17) is 9.72 Å². The highest BCUT2D eigenvalue weighted by Crippen LogP contribution is 2.30. The summed E-state index contributed by atoms with van der Waals surface area (Å²) in [6.07, 6.45) is 1.22. The lowest BCUT2D eigenvalue weighted by Crippen LogP contribution is -2.39. The molecule has 168 valence electrons. The summed E-state index contributed by atoms with van der Waals surface area (Å²) in [7, 11) is 1.40. The van der Waals surface area contributed by atoms with Gasteiger partial charge in [-0.3, -0.25) is 9.59 Å². The Labute approximate surface area is 192 Å². The molecule has 33 heavy (non-hydrogen) atoms. The van der Waals surface area contributed by atoms with Gasteiger partial charge in [0.2, 0.25) is 5.91 Å². The molecule has 2 aromatic carbocycles. The average Bonchev–Trinajstić information content (AvgIpc) is 2.87. The number of ether oxygens (including phenoxy) is 1. The zero-order valence-electron chi connectivity index (χ0n) is 18.4. The summed E-state index contributed by atoms with van der Waals surface area (Å²) in [5.74, 6) is -1.40. The highest BCUT2D eigenvalue weighted by atomic mass is 16.5. The maximum absolute atomic E-state index is 13.0. The van der Waals surface area contributed by atoms with Gasteiger partial charge >= 0.3 is 5.97 Å². The van der Waals surface area contributed by atoms with Crippen molar-refractivity contribution in [2.24, 2.45) is 5.92 Å². The number of piperidine rings is 1. The highest BCUT2D eigenvalue weighted by Gasteiger charge is 2.32. The first-order valence-electron chi connectivity index (χ1n) is 10.9. The number of carbonyl (C=O) groups is 2. The molecular weight excluding hydrogens is 418 g/mol. The molecule has 0 bridgehead atoms. The van der Waals surface area contributed by atoms with Gasteiger partial charge in [0.05, 0.1) is 30.1 Å². The van der Waals surface area contributed by atoms with Crippen LogP contribution in [0.25, 0.3) is 11.0 Å². The van der Waals surface area contributed by atoms with Gasteiger partial charge in [0.15, 0.2) is 11.7 Å². The first-order valence-corrected chi connectivity index (χ1v) is 10.9. The Morgan fingerprint density at radius 1 is 1.09 bits per heavy atom. The Kier molecular flexibility index (Phi) is 6.79. The Bertz CT molecular complexity index is 1180. The lowest BCUT2D eigenvalue weighted by Gasteiger charge is -2.33. The number of rotatable bonds is 6. The summed E-state index contributed by atoms with van der Waals surface area (Å²) in [6, 6.07) is 19.0. The quantitative estimate of drug-likeness (QED) is 0.584. The van der Waals surface area contributed by atoms with Crippen molar-refractivity contribution in [2.45, 2.75) is 25.3 Å². The molecule has 0 spiro atoms. The van der Waals surface area contributed by atoms with Gasteiger partial charge in [-0.1, -0.05) is 42.5 Å². The van der Waals surface area contributed by atoms with Gasteiger partial charge in [0, 0.05) is 19.6 Å². The molecule has 1 saturated heterocycles. The summed E-state index contributed by atoms with van der Waals surface area (Å²) < 4.78 is 4.88. The smallest absolute Gasteiger partial charge is 0.308 e. The molecule has 0 radical (unpaired) electrons. The SMILES string of the molecule is COC(=O)C1CCN(c2nc3ccccc3nc2[C@H](C#N)C(=O)NCc2ccccc2)CC1. The molecule has 0 saturated carbocycles. The Morgan fingerprint density at radius 2 is 1.73 bits per heavy atom. The first kappa shape index (κ1) is 22.2. The third kappa shape index (κ3) is 4.93. The molecule has 3 aromatic rings. The molecule has 4 rings (SSSR count). The van der Waals surface area contributed by atoms with E-state index in [-0.39, 0.29) is 11.9 Å². The van der Waals surface area contributed by atoms with Gasteiger partial charge in [0.1, 0.15) is 5.69 Å². The van der Waals surface area contributed by atoms with Crippen molar-refractivity contribution >= 4 is 28.7 Å². The second-order valence-electron chi connectivity index (χ2n) is 7.97. The number of anilines is 1. The van der Waals surface area contributed by atoms with E-state index in [2.05, 4.69) is 16.4 Å². The molecule has 1 fully saturated rings. The first-order chi connectivity index (χ1) is 16.1. The number of esters is 1. The van der Waals surface area contributed by atoms with Crippen molar-refractivity contribution in [1.82, 2.24) is 15.3 Å². The van der Waals surface area contributed by atoms with Crippen LogP contribution >= 0.6 is 0 Å². The molecule has 1 aromatic heterocycles. The van der Waals surface area contributed by atoms with Crippen LogP contribution in [0.15, 0.2) is 54.6 Å². The number of hydrogen-bond donors (Lipinski definition) is 1. The molecular formula is C25H25N5O3. The van der Waals surface area contributed by atoms with Gasteiger partial charge < -0.3 is 15.0 Å². The molecule has 1 aliphatic heterocycles. The monoisotopic (exact) mass is 443 g/mol. The fourth-order valence-electron chi connectivity index (χ4n) is 4.06. The zero-order chi connectivity index (χ0) is 23.2. The van der Waals surface area contributed by atoms with Gasteiger partial charge in [-0.15, -0.1) is 0 Å².